The van der Waals surface area contributed by atoms with Gasteiger partial charge < -0.3 is 20.3 Å². The van der Waals surface area contributed by atoms with E-state index >= 15 is 0 Å². The van der Waals surface area contributed by atoms with E-state index < -0.39 is 33.6 Å². The molecule has 2 saturated heterocycles. The topological polar surface area (TPSA) is 120 Å². The maximum absolute atomic E-state index is 13.2. The van der Waals surface area contributed by atoms with Gasteiger partial charge in [-0.2, -0.15) is 4.31 Å². The minimum atomic E-state index is -4.86. The summed E-state index contributed by atoms with van der Waals surface area (Å²) in [5.41, 5.74) is 1.85. The van der Waals surface area contributed by atoms with Gasteiger partial charge in [0.1, 0.15) is 17.1 Å². The van der Waals surface area contributed by atoms with Crippen LogP contribution in [0, 0.1) is 13.8 Å². The molecule has 0 bridgehead atoms. The Bertz CT molecular complexity index is 1580. The Morgan fingerprint density at radius 3 is 2.30 bits per heavy atom. The van der Waals surface area contributed by atoms with E-state index in [0.717, 1.165) is 41.8 Å². The minimum absolute atomic E-state index is 0. The predicted octanol–water partition coefficient (Wildman–Crippen LogP) is 3.38. The molecule has 15 heteroatoms. The highest BCUT2D eigenvalue weighted by Gasteiger charge is 2.47. The number of aliphatic imine (C=N–C) groups is 1. The minimum Gasteiger partial charge on any atom is -0.406 e. The van der Waals surface area contributed by atoms with Crippen LogP contribution >= 0.6 is 12.4 Å². The van der Waals surface area contributed by atoms with Gasteiger partial charge in [-0.25, -0.2) is 8.42 Å². The molecule has 0 saturated carbocycles. The van der Waals surface area contributed by atoms with Crippen molar-refractivity contribution in [3.8, 4) is 5.75 Å². The van der Waals surface area contributed by atoms with E-state index in [2.05, 4.69) is 20.4 Å². The third kappa shape index (κ3) is 7.25. The first kappa shape index (κ1) is 33.4. The molecule has 5 rings (SSSR count). The summed E-state index contributed by atoms with van der Waals surface area (Å²) in [6.45, 7) is 6.47. The number of benzene rings is 2. The number of piperazine rings is 1. The summed E-state index contributed by atoms with van der Waals surface area (Å²) in [4.78, 5) is 32.1. The van der Waals surface area contributed by atoms with Crippen molar-refractivity contribution in [1.29, 1.82) is 0 Å². The average molecular weight is 656 g/mol. The number of amidine groups is 1. The van der Waals surface area contributed by atoms with Crippen molar-refractivity contribution in [2.75, 3.05) is 39.3 Å². The van der Waals surface area contributed by atoms with Crippen molar-refractivity contribution in [2.24, 2.45) is 4.99 Å². The Labute approximate surface area is 259 Å². The molecule has 1 spiro atoms. The summed E-state index contributed by atoms with van der Waals surface area (Å²) in [6, 6.07) is 8.68. The molecule has 238 valence electrons. The molecule has 0 radical (unpaired) electrons. The Balaban J connectivity index is 0.00000442. The molecule has 10 nitrogen and oxygen atoms in total. The number of nitrogens with one attached hydrogen (secondary N) is 2. The number of halogens is 4. The molecule has 0 aliphatic carbocycles. The highest BCUT2D eigenvalue weighted by Crippen LogP contribution is 2.33. The number of ether oxygens (including phenoxy) is 1. The third-order valence-corrected chi connectivity index (χ3v) is 9.45. The second-order valence-corrected chi connectivity index (χ2v) is 12.7. The maximum Gasteiger partial charge on any atom is 0.573 e. The van der Waals surface area contributed by atoms with Gasteiger partial charge in [0.25, 0.3) is 11.8 Å². The van der Waals surface area contributed by atoms with Gasteiger partial charge in [-0.05, 0) is 73.7 Å². The van der Waals surface area contributed by atoms with Gasteiger partial charge in [-0.15, -0.1) is 25.6 Å². The summed E-state index contributed by atoms with van der Waals surface area (Å²) in [5.74, 6) is -0.818. The van der Waals surface area contributed by atoms with Crippen molar-refractivity contribution >= 4 is 46.2 Å². The van der Waals surface area contributed by atoms with Gasteiger partial charge in [-0.3, -0.25) is 14.6 Å². The number of piperidine rings is 1. The molecule has 44 heavy (non-hydrogen) atoms. The first-order chi connectivity index (χ1) is 20.3. The van der Waals surface area contributed by atoms with Crippen molar-refractivity contribution < 1.29 is 35.9 Å². The highest BCUT2D eigenvalue weighted by atomic mass is 35.5. The van der Waals surface area contributed by atoms with Crippen molar-refractivity contribution in [2.45, 2.75) is 38.6 Å². The van der Waals surface area contributed by atoms with E-state index in [0.29, 0.717) is 24.2 Å². The number of carbonyl (C=O) groups excluding carboxylic acids is 2. The van der Waals surface area contributed by atoms with Gasteiger partial charge in [0, 0.05) is 55.8 Å². The molecule has 2 N–H and O–H groups in total. The van der Waals surface area contributed by atoms with Gasteiger partial charge >= 0.3 is 6.36 Å². The van der Waals surface area contributed by atoms with Gasteiger partial charge in [-0.1, -0.05) is 12.1 Å². The van der Waals surface area contributed by atoms with Gasteiger partial charge in [0.2, 0.25) is 10.0 Å². The van der Waals surface area contributed by atoms with Crippen LogP contribution in [-0.2, 0) is 14.8 Å². The normalized spacial score (nSPS) is 19.1. The van der Waals surface area contributed by atoms with Crippen LogP contribution in [0.2, 0.25) is 0 Å². The molecule has 2 amide bonds. The molecule has 3 heterocycles. The summed E-state index contributed by atoms with van der Waals surface area (Å²) in [5, 5.41) is 6.98. The largest absolute Gasteiger partial charge is 0.573 e. The number of aryl methyl sites for hydroxylation is 2. The van der Waals surface area contributed by atoms with Crippen LogP contribution < -0.4 is 15.4 Å². The zero-order valence-corrected chi connectivity index (χ0v) is 25.7. The van der Waals surface area contributed by atoms with E-state index in [1.54, 1.807) is 17.0 Å². The van der Waals surface area contributed by atoms with E-state index in [1.807, 2.05) is 13.8 Å². The average Bonchev–Trinajstić information content (AvgIpc) is 3.27. The fourth-order valence-electron chi connectivity index (χ4n) is 5.59. The summed E-state index contributed by atoms with van der Waals surface area (Å²) >= 11 is 0. The van der Waals surface area contributed by atoms with Crippen LogP contribution in [0.15, 0.2) is 46.8 Å². The second kappa shape index (κ2) is 12.9. The lowest BCUT2D eigenvalue weighted by Gasteiger charge is -2.34. The fraction of sp³-hybridized carbons (Fsp3) is 0.414. The molecular formula is C29H33ClF3N5O5S. The highest BCUT2D eigenvalue weighted by molar-refractivity contribution is 7.92. The van der Waals surface area contributed by atoms with Crippen LogP contribution in [-0.4, -0.2) is 86.4 Å². The van der Waals surface area contributed by atoms with E-state index in [4.69, 9.17) is 0 Å². The number of hydrogen-bond donors (Lipinski definition) is 2. The molecule has 3 aliphatic rings. The summed E-state index contributed by atoms with van der Waals surface area (Å²) < 4.78 is 69.6. The molecular weight excluding hydrogens is 623 g/mol. The smallest absolute Gasteiger partial charge is 0.406 e. The summed E-state index contributed by atoms with van der Waals surface area (Å²) in [7, 11) is -3.84. The number of amides is 2. The van der Waals surface area contributed by atoms with Gasteiger partial charge in [0.15, 0.2) is 0 Å². The van der Waals surface area contributed by atoms with Crippen LogP contribution in [0.3, 0.4) is 0 Å². The molecule has 3 aliphatic heterocycles. The molecule has 0 aromatic heterocycles. The fourth-order valence-corrected chi connectivity index (χ4v) is 6.77. The Kier molecular flexibility index (Phi) is 9.78. The zero-order chi connectivity index (χ0) is 31.0. The first-order valence-corrected chi connectivity index (χ1v) is 15.3. The number of carbonyl (C=O) groups is 2. The molecule has 0 unspecified atom stereocenters. The lowest BCUT2D eigenvalue weighted by Crippen LogP contribution is -2.50. The number of nitrogens with zero attached hydrogens (tertiary/aromatic N) is 3. The standard InChI is InChI=1S/C29H32F3N5O5S.ClH/c1-19-16-22(26(38)36-13-9-33-10-14-36)17-20(2)24(19)6-15-43(40,41)37-11-7-28(8-12-37)27(39)34-25(35-28)21-4-3-5-23(18-21)42-29(30,31)32;/h3-6,15-18,33H,7-14H2,1-2H3,(H,34,35,39);1H/b15-6+;. The predicted molar refractivity (Wildman–Crippen MR) is 161 cm³/mol. The summed E-state index contributed by atoms with van der Waals surface area (Å²) in [6.07, 6.45) is -3.12. The molecule has 2 aromatic rings. The van der Waals surface area contributed by atoms with E-state index in [9.17, 15) is 31.2 Å². The number of alkyl halides is 3. The third-order valence-electron chi connectivity index (χ3n) is 7.88. The monoisotopic (exact) mass is 655 g/mol. The second-order valence-electron chi connectivity index (χ2n) is 10.8. The molecule has 2 aromatic carbocycles. The number of hydrogen-bond acceptors (Lipinski definition) is 7. The Hall–Kier alpha value is -3.46. The Morgan fingerprint density at radius 2 is 1.68 bits per heavy atom. The van der Waals surface area contributed by atoms with Crippen molar-refractivity contribution in [3.63, 3.8) is 0 Å². The van der Waals surface area contributed by atoms with E-state index in [1.165, 1.54) is 22.5 Å². The zero-order valence-electron chi connectivity index (χ0n) is 24.1. The lowest BCUT2D eigenvalue weighted by molar-refractivity contribution is -0.274. The lowest BCUT2D eigenvalue weighted by atomic mass is 9.89. The van der Waals surface area contributed by atoms with Gasteiger partial charge in [0.05, 0.1) is 0 Å². The molecule has 0 atom stereocenters. The Morgan fingerprint density at radius 1 is 1.05 bits per heavy atom. The quantitative estimate of drug-likeness (QED) is 0.493. The van der Waals surface area contributed by atoms with Crippen LogP contribution in [0.5, 0.6) is 5.75 Å². The maximum atomic E-state index is 13.2. The molecule has 2 fully saturated rings. The van der Waals surface area contributed by atoms with E-state index in [-0.39, 0.29) is 55.6 Å². The van der Waals surface area contributed by atoms with Crippen LogP contribution in [0.4, 0.5) is 13.2 Å². The number of rotatable bonds is 6. The van der Waals surface area contributed by atoms with Crippen molar-refractivity contribution in [1.82, 2.24) is 19.8 Å². The SMILES string of the molecule is Cc1cc(C(=O)N2CCNCC2)cc(C)c1/C=C/S(=O)(=O)N1CCC2(CC1)N=C(c1cccc(OC(F)(F)F)c1)NC2=O.Cl. The number of sulfonamides is 1. The first-order valence-electron chi connectivity index (χ1n) is 13.8. The van der Waals surface area contributed by atoms with Crippen LogP contribution in [0.25, 0.3) is 6.08 Å². The van der Waals surface area contributed by atoms with Crippen LogP contribution in [0.1, 0.15) is 45.5 Å². The van der Waals surface area contributed by atoms with Crippen molar-refractivity contribution in [3.05, 3.63) is 69.6 Å².